The monoisotopic (exact) mass is 390 g/mol. The molecule has 5 nitrogen and oxygen atoms in total. The van der Waals surface area contributed by atoms with E-state index in [-0.39, 0.29) is 30.5 Å². The largest absolute Gasteiger partial charge is 0.508 e. The first-order chi connectivity index (χ1) is 12.0. The van der Waals surface area contributed by atoms with Crippen LogP contribution in [0.25, 0.3) is 6.08 Å². The van der Waals surface area contributed by atoms with Crippen molar-refractivity contribution >= 4 is 63.2 Å². The minimum absolute atomic E-state index is 0.132. The number of phenolic OH excluding ortho intramolecular Hbond substituents is 1. The molecule has 2 heterocycles. The van der Waals surface area contributed by atoms with E-state index in [1.54, 1.807) is 23.5 Å². The molecular formula is C17H14N2O3S3. The second kappa shape index (κ2) is 7.81. The van der Waals surface area contributed by atoms with E-state index in [1.807, 2.05) is 23.6 Å². The number of hydrogen-bond donors (Lipinski definition) is 2. The summed E-state index contributed by atoms with van der Waals surface area (Å²) in [7, 11) is 0. The molecule has 0 aliphatic carbocycles. The molecule has 0 atom stereocenters. The van der Waals surface area contributed by atoms with Gasteiger partial charge in [0, 0.05) is 23.5 Å². The Morgan fingerprint density at radius 2 is 2.04 bits per heavy atom. The number of hydrogen-bond acceptors (Lipinski definition) is 6. The standard InChI is InChI=1S/C17H14N2O3S3/c20-12-5-3-11(4-6-12)18-15(21)7-8-19-16(22)14(25-17(19)23)10-13-2-1-9-24-13/h1-6,9-10,20H,7-8H2,(H,18,21)/b14-10+. The van der Waals surface area contributed by atoms with Crippen molar-refractivity contribution < 1.29 is 14.7 Å². The zero-order valence-electron chi connectivity index (χ0n) is 13.0. The Bertz CT molecular complexity index is 829. The van der Waals surface area contributed by atoms with Crippen LogP contribution >= 0.6 is 35.3 Å². The second-order valence-electron chi connectivity index (χ2n) is 5.19. The highest BCUT2D eigenvalue weighted by atomic mass is 32.2. The van der Waals surface area contributed by atoms with Gasteiger partial charge in [0.05, 0.1) is 4.91 Å². The van der Waals surface area contributed by atoms with Gasteiger partial charge in [-0.05, 0) is 41.8 Å². The maximum Gasteiger partial charge on any atom is 0.266 e. The smallest absolute Gasteiger partial charge is 0.266 e. The van der Waals surface area contributed by atoms with Crippen molar-refractivity contribution in [3.63, 3.8) is 0 Å². The Kier molecular flexibility index (Phi) is 5.52. The van der Waals surface area contributed by atoms with Gasteiger partial charge in [-0.2, -0.15) is 0 Å². The Morgan fingerprint density at radius 1 is 1.28 bits per heavy atom. The Balaban J connectivity index is 1.57. The number of thiocarbonyl (C=S) groups is 1. The van der Waals surface area contributed by atoms with Crippen molar-refractivity contribution in [2.75, 3.05) is 11.9 Å². The van der Waals surface area contributed by atoms with Crippen LogP contribution in [0.3, 0.4) is 0 Å². The van der Waals surface area contributed by atoms with Gasteiger partial charge in [-0.1, -0.05) is 30.0 Å². The van der Waals surface area contributed by atoms with Gasteiger partial charge in [-0.25, -0.2) is 0 Å². The highest BCUT2D eigenvalue weighted by Gasteiger charge is 2.32. The number of nitrogens with one attached hydrogen (secondary N) is 1. The van der Waals surface area contributed by atoms with Crippen LogP contribution in [-0.4, -0.2) is 32.7 Å². The summed E-state index contributed by atoms with van der Waals surface area (Å²) in [5, 5.41) is 13.9. The van der Waals surface area contributed by atoms with E-state index in [2.05, 4.69) is 5.32 Å². The average molecular weight is 391 g/mol. The van der Waals surface area contributed by atoms with Gasteiger partial charge in [0.15, 0.2) is 0 Å². The molecule has 1 aliphatic rings. The van der Waals surface area contributed by atoms with E-state index >= 15 is 0 Å². The number of carbonyl (C=O) groups is 2. The van der Waals surface area contributed by atoms with Crippen LogP contribution in [-0.2, 0) is 9.59 Å². The molecule has 8 heteroatoms. The number of amides is 2. The SMILES string of the molecule is O=C(CCN1C(=O)/C(=C\c2cccs2)SC1=S)Nc1ccc(O)cc1. The van der Waals surface area contributed by atoms with Crippen LogP contribution in [0.15, 0.2) is 46.7 Å². The van der Waals surface area contributed by atoms with E-state index in [4.69, 9.17) is 12.2 Å². The zero-order valence-corrected chi connectivity index (χ0v) is 15.4. The molecule has 1 fully saturated rings. The van der Waals surface area contributed by atoms with E-state index in [0.717, 1.165) is 4.88 Å². The molecule has 1 aliphatic heterocycles. The predicted octanol–water partition coefficient (Wildman–Crippen LogP) is 3.68. The van der Waals surface area contributed by atoms with Crippen molar-refractivity contribution in [3.8, 4) is 5.75 Å². The topological polar surface area (TPSA) is 69.6 Å². The third kappa shape index (κ3) is 4.47. The molecule has 0 spiro atoms. The minimum atomic E-state index is -0.220. The van der Waals surface area contributed by atoms with Crippen LogP contribution in [0.4, 0.5) is 5.69 Å². The molecule has 0 unspecified atom stereocenters. The molecule has 128 valence electrons. The lowest BCUT2D eigenvalue weighted by Crippen LogP contribution is -2.31. The Labute approximate surface area is 158 Å². The lowest BCUT2D eigenvalue weighted by Gasteiger charge is -2.14. The van der Waals surface area contributed by atoms with E-state index < -0.39 is 0 Å². The Hall–Kier alpha value is -2.16. The third-order valence-electron chi connectivity index (χ3n) is 3.40. The number of anilines is 1. The summed E-state index contributed by atoms with van der Waals surface area (Å²) in [5.74, 6) is -0.254. The zero-order chi connectivity index (χ0) is 17.8. The summed E-state index contributed by atoms with van der Waals surface area (Å²) < 4.78 is 0.463. The van der Waals surface area contributed by atoms with Gasteiger partial charge >= 0.3 is 0 Å². The molecule has 0 saturated carbocycles. The molecule has 2 amide bonds. The number of rotatable bonds is 5. The van der Waals surface area contributed by atoms with Crippen LogP contribution < -0.4 is 5.32 Å². The fraction of sp³-hybridized carbons (Fsp3) is 0.118. The fourth-order valence-electron chi connectivity index (χ4n) is 2.18. The number of thiophene rings is 1. The van der Waals surface area contributed by atoms with Crippen molar-refractivity contribution in [1.82, 2.24) is 4.90 Å². The molecule has 0 radical (unpaired) electrons. The van der Waals surface area contributed by atoms with Crippen molar-refractivity contribution in [2.24, 2.45) is 0 Å². The first-order valence-electron chi connectivity index (χ1n) is 7.41. The number of phenols is 1. The van der Waals surface area contributed by atoms with Crippen LogP contribution in [0.5, 0.6) is 5.75 Å². The third-order valence-corrected chi connectivity index (χ3v) is 5.60. The summed E-state index contributed by atoms with van der Waals surface area (Å²) in [4.78, 5) is 27.5. The summed E-state index contributed by atoms with van der Waals surface area (Å²) in [6.45, 7) is 0.233. The Morgan fingerprint density at radius 3 is 2.72 bits per heavy atom. The van der Waals surface area contributed by atoms with Gasteiger partial charge < -0.3 is 10.4 Å². The first-order valence-corrected chi connectivity index (χ1v) is 9.51. The highest BCUT2D eigenvalue weighted by molar-refractivity contribution is 8.26. The molecule has 1 aromatic heterocycles. The number of carbonyl (C=O) groups excluding carboxylic acids is 2. The first kappa shape index (κ1) is 17.7. The molecule has 2 aromatic rings. The maximum absolute atomic E-state index is 12.4. The molecule has 0 bridgehead atoms. The average Bonchev–Trinajstić information content (AvgIpc) is 3.18. The normalized spacial score (nSPS) is 15.8. The molecule has 1 aromatic carbocycles. The summed E-state index contributed by atoms with van der Waals surface area (Å²) in [6.07, 6.45) is 1.96. The molecule has 3 rings (SSSR count). The van der Waals surface area contributed by atoms with Gasteiger partial charge in [0.1, 0.15) is 10.1 Å². The van der Waals surface area contributed by atoms with Gasteiger partial charge in [-0.15, -0.1) is 11.3 Å². The number of aromatic hydroxyl groups is 1. The van der Waals surface area contributed by atoms with Crippen molar-refractivity contribution in [3.05, 3.63) is 51.6 Å². The number of benzene rings is 1. The van der Waals surface area contributed by atoms with Crippen molar-refractivity contribution in [2.45, 2.75) is 6.42 Å². The summed E-state index contributed by atoms with van der Waals surface area (Å²) >= 11 is 8.06. The maximum atomic E-state index is 12.4. The number of nitrogens with zero attached hydrogens (tertiary/aromatic N) is 1. The van der Waals surface area contributed by atoms with E-state index in [1.165, 1.54) is 28.8 Å². The van der Waals surface area contributed by atoms with E-state index in [0.29, 0.717) is 14.9 Å². The summed E-state index contributed by atoms with van der Waals surface area (Å²) in [6, 6.07) is 10.1. The molecular weight excluding hydrogens is 376 g/mol. The minimum Gasteiger partial charge on any atom is -0.508 e. The van der Waals surface area contributed by atoms with Gasteiger partial charge in [0.25, 0.3) is 5.91 Å². The molecule has 2 N–H and O–H groups in total. The number of thioether (sulfide) groups is 1. The fourth-order valence-corrected chi connectivity index (χ4v) is 4.21. The van der Waals surface area contributed by atoms with Crippen LogP contribution in [0, 0.1) is 0 Å². The highest BCUT2D eigenvalue weighted by Crippen LogP contribution is 2.33. The van der Waals surface area contributed by atoms with Crippen LogP contribution in [0.2, 0.25) is 0 Å². The van der Waals surface area contributed by atoms with Gasteiger partial charge in [0.2, 0.25) is 5.91 Å². The summed E-state index contributed by atoms with van der Waals surface area (Å²) in [5.41, 5.74) is 0.589. The second-order valence-corrected chi connectivity index (χ2v) is 7.85. The quantitative estimate of drug-likeness (QED) is 0.463. The lowest BCUT2D eigenvalue weighted by atomic mass is 10.3. The predicted molar refractivity (Wildman–Crippen MR) is 106 cm³/mol. The van der Waals surface area contributed by atoms with Crippen molar-refractivity contribution in [1.29, 1.82) is 0 Å². The van der Waals surface area contributed by atoms with Gasteiger partial charge in [-0.3, -0.25) is 14.5 Å². The molecule has 25 heavy (non-hydrogen) atoms. The lowest BCUT2D eigenvalue weighted by molar-refractivity contribution is -0.122. The molecule has 1 saturated heterocycles. The van der Waals surface area contributed by atoms with Crippen LogP contribution in [0.1, 0.15) is 11.3 Å². The van der Waals surface area contributed by atoms with E-state index in [9.17, 15) is 14.7 Å².